The van der Waals surface area contributed by atoms with Gasteiger partial charge in [0.2, 0.25) is 0 Å². The second-order valence-electron chi connectivity index (χ2n) is 6.71. The highest BCUT2D eigenvalue weighted by molar-refractivity contribution is 7.21. The molecule has 1 N–H and O–H groups in total. The van der Waals surface area contributed by atoms with E-state index in [9.17, 15) is 22.4 Å². The van der Waals surface area contributed by atoms with Crippen molar-refractivity contribution in [3.05, 3.63) is 83.2 Å². The molecule has 3 nitrogen and oxygen atoms in total. The van der Waals surface area contributed by atoms with Crippen LogP contribution < -0.4 is 5.32 Å². The van der Waals surface area contributed by atoms with Crippen molar-refractivity contribution in [3.8, 4) is 10.6 Å². The monoisotopic (exact) mass is 430 g/mol. The Morgan fingerprint density at radius 2 is 1.73 bits per heavy atom. The maximum absolute atomic E-state index is 13.4. The van der Waals surface area contributed by atoms with Crippen LogP contribution in [0, 0.1) is 12.7 Å². The van der Waals surface area contributed by atoms with Gasteiger partial charge >= 0.3 is 6.18 Å². The molecule has 3 aromatic carbocycles. The second-order valence-corrected chi connectivity index (χ2v) is 7.74. The van der Waals surface area contributed by atoms with Crippen LogP contribution in [0.5, 0.6) is 0 Å². The number of carbonyl (C=O) groups excluding carboxylic acids is 1. The average molecular weight is 430 g/mol. The minimum absolute atomic E-state index is 0.283. The summed E-state index contributed by atoms with van der Waals surface area (Å²) in [5.74, 6) is -2.18. The highest BCUT2D eigenvalue weighted by atomic mass is 32.1. The molecule has 8 heteroatoms. The molecule has 30 heavy (non-hydrogen) atoms. The van der Waals surface area contributed by atoms with Gasteiger partial charge in [-0.1, -0.05) is 6.07 Å². The van der Waals surface area contributed by atoms with Crippen molar-refractivity contribution in [2.45, 2.75) is 13.1 Å². The molecule has 152 valence electrons. The molecular weight excluding hydrogens is 416 g/mol. The normalized spacial score (nSPS) is 11.6. The van der Waals surface area contributed by atoms with Crippen LogP contribution in [0.1, 0.15) is 21.5 Å². The molecule has 0 fully saturated rings. The number of aromatic nitrogens is 1. The summed E-state index contributed by atoms with van der Waals surface area (Å²) in [6, 6.07) is 15.0. The number of aryl methyl sites for hydroxylation is 1. The Bertz CT molecular complexity index is 1250. The first-order valence-corrected chi connectivity index (χ1v) is 9.68. The number of halogens is 4. The van der Waals surface area contributed by atoms with Crippen molar-refractivity contribution in [1.29, 1.82) is 0 Å². The van der Waals surface area contributed by atoms with Gasteiger partial charge in [0.1, 0.15) is 10.8 Å². The fourth-order valence-electron chi connectivity index (χ4n) is 2.94. The lowest BCUT2D eigenvalue weighted by Gasteiger charge is -2.10. The Morgan fingerprint density at radius 1 is 1.00 bits per heavy atom. The van der Waals surface area contributed by atoms with E-state index in [0.29, 0.717) is 17.8 Å². The van der Waals surface area contributed by atoms with Crippen LogP contribution in [-0.2, 0) is 6.18 Å². The first-order chi connectivity index (χ1) is 14.2. The number of thiazole rings is 1. The van der Waals surface area contributed by atoms with Gasteiger partial charge in [-0.05, 0) is 67.1 Å². The topological polar surface area (TPSA) is 42.0 Å². The summed E-state index contributed by atoms with van der Waals surface area (Å²) >= 11 is 1.55. The number of rotatable bonds is 3. The highest BCUT2D eigenvalue weighted by Crippen LogP contribution is 2.33. The van der Waals surface area contributed by atoms with Crippen LogP contribution >= 0.6 is 11.3 Å². The SMILES string of the molecule is Cc1ccc2nc(-c3ccc(NC(=O)c4ccc(F)c(C(F)(F)F)c4)cc3)sc2c1. The summed E-state index contributed by atoms with van der Waals surface area (Å²) in [6.07, 6.45) is -4.88. The Labute approximate surface area is 173 Å². The Balaban J connectivity index is 1.54. The van der Waals surface area contributed by atoms with Crippen LogP contribution in [0.25, 0.3) is 20.8 Å². The van der Waals surface area contributed by atoms with Crippen molar-refractivity contribution in [3.63, 3.8) is 0 Å². The van der Waals surface area contributed by atoms with E-state index in [1.54, 1.807) is 35.6 Å². The lowest BCUT2D eigenvalue weighted by atomic mass is 10.1. The first kappa shape index (κ1) is 20.0. The molecule has 1 aromatic heterocycles. The molecule has 0 aliphatic heterocycles. The maximum atomic E-state index is 13.4. The minimum atomic E-state index is -4.88. The molecule has 4 aromatic rings. The van der Waals surface area contributed by atoms with E-state index in [1.807, 2.05) is 19.1 Å². The van der Waals surface area contributed by atoms with E-state index in [0.717, 1.165) is 32.4 Å². The third kappa shape index (κ3) is 4.04. The van der Waals surface area contributed by atoms with Gasteiger partial charge in [0, 0.05) is 16.8 Å². The molecule has 0 saturated carbocycles. The number of carbonyl (C=O) groups is 1. The number of hydrogen-bond donors (Lipinski definition) is 1. The minimum Gasteiger partial charge on any atom is -0.322 e. The smallest absolute Gasteiger partial charge is 0.322 e. The van der Waals surface area contributed by atoms with Gasteiger partial charge in [-0.3, -0.25) is 4.79 Å². The quantitative estimate of drug-likeness (QED) is 0.368. The third-order valence-corrected chi connectivity index (χ3v) is 5.53. The summed E-state index contributed by atoms with van der Waals surface area (Å²) < 4.78 is 53.0. The molecule has 0 atom stereocenters. The van der Waals surface area contributed by atoms with E-state index >= 15 is 0 Å². The number of benzene rings is 3. The van der Waals surface area contributed by atoms with Gasteiger partial charge in [0.05, 0.1) is 15.8 Å². The Kier molecular flexibility index (Phi) is 5.03. The van der Waals surface area contributed by atoms with E-state index in [1.165, 1.54) is 0 Å². The van der Waals surface area contributed by atoms with Crippen LogP contribution in [0.2, 0.25) is 0 Å². The van der Waals surface area contributed by atoms with Crippen LogP contribution in [0.4, 0.5) is 23.2 Å². The molecule has 0 radical (unpaired) electrons. The van der Waals surface area contributed by atoms with Gasteiger partial charge in [-0.2, -0.15) is 13.2 Å². The molecule has 0 aliphatic carbocycles. The van der Waals surface area contributed by atoms with Crippen LogP contribution in [-0.4, -0.2) is 10.9 Å². The number of amides is 1. The van der Waals surface area contributed by atoms with Gasteiger partial charge in [0.15, 0.2) is 0 Å². The summed E-state index contributed by atoms with van der Waals surface area (Å²) in [4.78, 5) is 16.9. The van der Waals surface area contributed by atoms with Gasteiger partial charge < -0.3 is 5.32 Å². The van der Waals surface area contributed by atoms with Crippen molar-refractivity contribution < 1.29 is 22.4 Å². The zero-order valence-corrected chi connectivity index (χ0v) is 16.4. The number of anilines is 1. The molecule has 1 amide bonds. The Hall–Kier alpha value is -3.26. The first-order valence-electron chi connectivity index (χ1n) is 8.86. The second kappa shape index (κ2) is 7.53. The standard InChI is InChI=1S/C22H14F4N2OS/c1-12-2-9-18-19(10-12)30-21(28-18)13-3-6-15(7-4-13)27-20(29)14-5-8-17(23)16(11-14)22(24,25)26/h2-11H,1H3,(H,27,29). The molecule has 0 aliphatic rings. The zero-order chi connectivity index (χ0) is 21.5. The molecule has 0 spiro atoms. The summed E-state index contributed by atoms with van der Waals surface area (Å²) in [6.45, 7) is 2.01. The number of alkyl halides is 3. The molecular formula is C22H14F4N2OS. The van der Waals surface area contributed by atoms with Gasteiger partial charge in [-0.15, -0.1) is 11.3 Å². The molecule has 0 saturated heterocycles. The summed E-state index contributed by atoms with van der Waals surface area (Å²) in [7, 11) is 0. The van der Waals surface area contributed by atoms with Crippen molar-refractivity contribution >= 4 is 33.1 Å². The van der Waals surface area contributed by atoms with E-state index in [-0.39, 0.29) is 5.56 Å². The molecule has 0 unspecified atom stereocenters. The largest absolute Gasteiger partial charge is 0.419 e. The summed E-state index contributed by atoms with van der Waals surface area (Å²) in [5, 5.41) is 3.34. The van der Waals surface area contributed by atoms with E-state index < -0.39 is 23.5 Å². The van der Waals surface area contributed by atoms with Crippen molar-refractivity contribution in [2.75, 3.05) is 5.32 Å². The predicted molar refractivity (Wildman–Crippen MR) is 109 cm³/mol. The zero-order valence-electron chi connectivity index (χ0n) is 15.5. The number of hydrogen-bond acceptors (Lipinski definition) is 3. The number of nitrogens with one attached hydrogen (secondary N) is 1. The lowest BCUT2D eigenvalue weighted by Crippen LogP contribution is -2.15. The molecule has 4 rings (SSSR count). The predicted octanol–water partition coefficient (Wildman–Crippen LogP) is 6.68. The average Bonchev–Trinajstić information content (AvgIpc) is 3.11. The Morgan fingerprint density at radius 3 is 2.43 bits per heavy atom. The maximum Gasteiger partial charge on any atom is 0.419 e. The lowest BCUT2D eigenvalue weighted by molar-refractivity contribution is -0.140. The summed E-state index contributed by atoms with van der Waals surface area (Å²) in [5.41, 5.74) is 1.54. The van der Waals surface area contributed by atoms with Gasteiger partial charge in [0.25, 0.3) is 5.91 Å². The molecule has 0 bridgehead atoms. The van der Waals surface area contributed by atoms with Crippen LogP contribution in [0.3, 0.4) is 0 Å². The number of fused-ring (bicyclic) bond motifs is 1. The van der Waals surface area contributed by atoms with E-state index in [4.69, 9.17) is 0 Å². The van der Waals surface area contributed by atoms with Crippen LogP contribution in [0.15, 0.2) is 60.7 Å². The highest BCUT2D eigenvalue weighted by Gasteiger charge is 2.34. The van der Waals surface area contributed by atoms with Crippen molar-refractivity contribution in [2.24, 2.45) is 0 Å². The number of nitrogens with zero attached hydrogens (tertiary/aromatic N) is 1. The van der Waals surface area contributed by atoms with Crippen molar-refractivity contribution in [1.82, 2.24) is 4.98 Å². The third-order valence-electron chi connectivity index (χ3n) is 4.47. The fourth-order valence-corrected chi connectivity index (χ4v) is 4.01. The van der Waals surface area contributed by atoms with Gasteiger partial charge in [-0.25, -0.2) is 9.37 Å². The molecule has 1 heterocycles. The fraction of sp³-hybridized carbons (Fsp3) is 0.0909. The van der Waals surface area contributed by atoms with E-state index in [2.05, 4.69) is 16.4 Å².